The van der Waals surface area contributed by atoms with Crippen molar-refractivity contribution in [3.8, 4) is 0 Å². The largest absolute Gasteiger partial charge is 0.462 e. The van der Waals surface area contributed by atoms with Crippen LogP contribution in [0.1, 0.15) is 29.8 Å². The van der Waals surface area contributed by atoms with Gasteiger partial charge in [0.15, 0.2) is 0 Å². The van der Waals surface area contributed by atoms with Gasteiger partial charge < -0.3 is 4.74 Å². The highest BCUT2D eigenvalue weighted by atomic mass is 32.2. The molecule has 1 aromatic rings. The quantitative estimate of drug-likeness (QED) is 0.580. The predicted octanol–water partition coefficient (Wildman–Crippen LogP) is 3.28. The average molecular weight is 224 g/mol. The van der Waals surface area contributed by atoms with E-state index in [0.29, 0.717) is 12.2 Å². The van der Waals surface area contributed by atoms with Crippen LogP contribution in [0.15, 0.2) is 23.1 Å². The van der Waals surface area contributed by atoms with Crippen molar-refractivity contribution in [1.29, 1.82) is 0 Å². The van der Waals surface area contributed by atoms with Gasteiger partial charge in [0, 0.05) is 4.90 Å². The molecule has 0 saturated carbocycles. The van der Waals surface area contributed by atoms with E-state index in [-0.39, 0.29) is 5.97 Å². The van der Waals surface area contributed by atoms with Gasteiger partial charge in [0.1, 0.15) is 0 Å². The van der Waals surface area contributed by atoms with Crippen LogP contribution < -0.4 is 0 Å². The number of thioether (sulfide) groups is 1. The summed E-state index contributed by atoms with van der Waals surface area (Å²) in [7, 11) is 0. The second-order valence-corrected chi connectivity index (χ2v) is 4.47. The fraction of sp³-hybridized carbons (Fsp3) is 0.417. The lowest BCUT2D eigenvalue weighted by molar-refractivity contribution is 0.0525. The van der Waals surface area contributed by atoms with E-state index in [9.17, 15) is 4.79 Å². The normalized spacial score (nSPS) is 10.1. The number of ether oxygens (including phenoxy) is 1. The van der Waals surface area contributed by atoms with Crippen LogP contribution >= 0.6 is 11.8 Å². The van der Waals surface area contributed by atoms with E-state index in [1.807, 2.05) is 32.0 Å². The Balaban J connectivity index is 2.94. The molecular weight excluding hydrogens is 208 g/mol. The first-order valence-corrected chi connectivity index (χ1v) is 6.08. The van der Waals surface area contributed by atoms with E-state index in [1.54, 1.807) is 11.8 Å². The van der Waals surface area contributed by atoms with Crippen molar-refractivity contribution in [2.45, 2.75) is 25.7 Å². The third kappa shape index (κ3) is 3.27. The van der Waals surface area contributed by atoms with Crippen LogP contribution in [0.25, 0.3) is 0 Å². The summed E-state index contributed by atoms with van der Waals surface area (Å²) >= 11 is 1.73. The fourth-order valence-electron chi connectivity index (χ4n) is 1.29. The summed E-state index contributed by atoms with van der Waals surface area (Å²) in [4.78, 5) is 12.7. The summed E-state index contributed by atoms with van der Waals surface area (Å²) in [6.45, 7) is 6.25. The molecule has 0 fully saturated rings. The zero-order valence-electron chi connectivity index (χ0n) is 9.37. The van der Waals surface area contributed by atoms with E-state index in [2.05, 4.69) is 6.92 Å². The van der Waals surface area contributed by atoms with Crippen LogP contribution in [0.2, 0.25) is 0 Å². The molecule has 0 aliphatic rings. The summed E-state index contributed by atoms with van der Waals surface area (Å²) < 4.78 is 4.99. The van der Waals surface area contributed by atoms with Gasteiger partial charge >= 0.3 is 5.97 Å². The highest BCUT2D eigenvalue weighted by Gasteiger charge is 2.10. The number of carbonyl (C=O) groups excluding carboxylic acids is 1. The molecule has 15 heavy (non-hydrogen) atoms. The molecule has 1 rings (SSSR count). The Morgan fingerprint density at radius 2 is 2.13 bits per heavy atom. The second-order valence-electron chi connectivity index (χ2n) is 3.13. The van der Waals surface area contributed by atoms with Crippen molar-refractivity contribution in [2.75, 3.05) is 12.4 Å². The Morgan fingerprint density at radius 3 is 2.73 bits per heavy atom. The second kappa shape index (κ2) is 5.81. The summed E-state index contributed by atoms with van der Waals surface area (Å²) in [6, 6.07) is 5.90. The summed E-state index contributed by atoms with van der Waals surface area (Å²) in [5.41, 5.74) is 1.64. The van der Waals surface area contributed by atoms with Gasteiger partial charge in [-0.05, 0) is 37.3 Å². The smallest absolute Gasteiger partial charge is 0.338 e. The Kier molecular flexibility index (Phi) is 4.69. The SMILES string of the molecule is CCOC(=O)c1cc(SCC)ccc1C. The van der Waals surface area contributed by atoms with Gasteiger partial charge in [-0.3, -0.25) is 0 Å². The van der Waals surface area contributed by atoms with E-state index >= 15 is 0 Å². The minimum absolute atomic E-state index is 0.228. The van der Waals surface area contributed by atoms with Crippen LogP contribution in [0, 0.1) is 6.92 Å². The Labute approximate surface area is 95.0 Å². The number of esters is 1. The molecular formula is C12H16O2S. The molecule has 0 heterocycles. The van der Waals surface area contributed by atoms with Crippen molar-refractivity contribution in [2.24, 2.45) is 0 Å². The number of aryl methyl sites for hydroxylation is 1. The van der Waals surface area contributed by atoms with Gasteiger partial charge in [0.25, 0.3) is 0 Å². The molecule has 0 amide bonds. The van der Waals surface area contributed by atoms with Gasteiger partial charge in [-0.15, -0.1) is 11.8 Å². The summed E-state index contributed by atoms with van der Waals surface area (Å²) in [6.07, 6.45) is 0. The van der Waals surface area contributed by atoms with Crippen LogP contribution in [-0.4, -0.2) is 18.3 Å². The minimum Gasteiger partial charge on any atom is -0.462 e. The minimum atomic E-state index is -0.228. The first kappa shape index (κ1) is 12.1. The van der Waals surface area contributed by atoms with Crippen LogP contribution in [0.5, 0.6) is 0 Å². The Morgan fingerprint density at radius 1 is 1.40 bits per heavy atom. The number of carbonyl (C=O) groups is 1. The maximum Gasteiger partial charge on any atom is 0.338 e. The van der Waals surface area contributed by atoms with Gasteiger partial charge in [-0.1, -0.05) is 13.0 Å². The molecule has 2 nitrogen and oxygen atoms in total. The first-order chi connectivity index (χ1) is 7.19. The van der Waals surface area contributed by atoms with Crippen molar-refractivity contribution < 1.29 is 9.53 Å². The first-order valence-electron chi connectivity index (χ1n) is 5.09. The maximum atomic E-state index is 11.6. The summed E-state index contributed by atoms with van der Waals surface area (Å²) in [5, 5.41) is 0. The zero-order chi connectivity index (χ0) is 11.3. The topological polar surface area (TPSA) is 26.3 Å². The molecule has 0 radical (unpaired) electrons. The molecule has 0 aliphatic carbocycles. The molecule has 1 aromatic carbocycles. The molecule has 0 spiro atoms. The summed E-state index contributed by atoms with van der Waals surface area (Å²) in [5.74, 6) is 0.777. The zero-order valence-corrected chi connectivity index (χ0v) is 10.2. The average Bonchev–Trinajstić information content (AvgIpc) is 2.21. The van der Waals surface area contributed by atoms with E-state index in [0.717, 1.165) is 16.2 Å². The van der Waals surface area contributed by atoms with Crippen molar-refractivity contribution in [1.82, 2.24) is 0 Å². The van der Waals surface area contributed by atoms with Gasteiger partial charge in [0.05, 0.1) is 12.2 Å². The van der Waals surface area contributed by atoms with Gasteiger partial charge in [-0.2, -0.15) is 0 Å². The molecule has 0 saturated heterocycles. The lowest BCUT2D eigenvalue weighted by Gasteiger charge is -2.07. The third-order valence-electron chi connectivity index (χ3n) is 2.02. The molecule has 82 valence electrons. The number of hydrogen-bond donors (Lipinski definition) is 0. The maximum absolute atomic E-state index is 11.6. The molecule has 0 N–H and O–H groups in total. The van der Waals surface area contributed by atoms with Gasteiger partial charge in [0.2, 0.25) is 0 Å². The molecule has 0 unspecified atom stereocenters. The van der Waals surface area contributed by atoms with Crippen LogP contribution in [-0.2, 0) is 4.74 Å². The highest BCUT2D eigenvalue weighted by Crippen LogP contribution is 2.21. The lowest BCUT2D eigenvalue weighted by Crippen LogP contribution is -2.06. The van der Waals surface area contributed by atoms with Crippen molar-refractivity contribution in [3.63, 3.8) is 0 Å². The predicted molar refractivity (Wildman–Crippen MR) is 63.5 cm³/mol. The lowest BCUT2D eigenvalue weighted by atomic mass is 10.1. The van der Waals surface area contributed by atoms with Crippen molar-refractivity contribution in [3.05, 3.63) is 29.3 Å². The molecule has 0 aromatic heterocycles. The molecule has 0 aliphatic heterocycles. The van der Waals surface area contributed by atoms with E-state index in [1.165, 1.54) is 0 Å². The highest BCUT2D eigenvalue weighted by molar-refractivity contribution is 7.99. The molecule has 0 atom stereocenters. The standard InChI is InChI=1S/C12H16O2S/c1-4-14-12(13)11-8-10(15-5-2)7-6-9(11)3/h6-8H,4-5H2,1-3H3. The monoisotopic (exact) mass is 224 g/mol. The van der Waals surface area contributed by atoms with E-state index in [4.69, 9.17) is 4.74 Å². The number of benzene rings is 1. The molecule has 3 heteroatoms. The third-order valence-corrected chi connectivity index (χ3v) is 2.89. The van der Waals surface area contributed by atoms with Crippen molar-refractivity contribution >= 4 is 17.7 Å². The molecule has 0 bridgehead atoms. The van der Waals surface area contributed by atoms with Gasteiger partial charge in [-0.25, -0.2) is 4.79 Å². The number of hydrogen-bond acceptors (Lipinski definition) is 3. The Bertz CT molecular complexity index is 347. The fourth-order valence-corrected chi connectivity index (χ4v) is 1.99. The number of rotatable bonds is 4. The Hall–Kier alpha value is -0.960. The van der Waals surface area contributed by atoms with E-state index < -0.39 is 0 Å². The van der Waals surface area contributed by atoms with Crippen LogP contribution in [0.4, 0.5) is 0 Å². The van der Waals surface area contributed by atoms with Crippen LogP contribution in [0.3, 0.4) is 0 Å².